The fourth-order valence-corrected chi connectivity index (χ4v) is 7.39. The number of carbonyl (C=O) groups excluding carboxylic acids is 11. The van der Waals surface area contributed by atoms with Crippen molar-refractivity contribution >= 4 is 65.0 Å². The van der Waals surface area contributed by atoms with Gasteiger partial charge < -0.3 is 102 Å². The number of hydrogen-bond donors (Lipinski definition) is 19. The van der Waals surface area contributed by atoms with Crippen LogP contribution in [0.5, 0.6) is 0 Å². The minimum atomic E-state index is -1.82. The van der Waals surface area contributed by atoms with Gasteiger partial charge in [0.05, 0.1) is 31.5 Å². The average molecular weight is 1070 g/mol. The van der Waals surface area contributed by atoms with Crippen LogP contribution in [0.25, 0.3) is 0 Å². The molecule has 0 bridgehead atoms. The van der Waals surface area contributed by atoms with E-state index >= 15 is 0 Å². The number of hydrogen-bond acceptors (Lipinski definition) is 19. The summed E-state index contributed by atoms with van der Waals surface area (Å²) in [6, 6.07) is -14.4. The van der Waals surface area contributed by atoms with Gasteiger partial charge in [-0.05, 0) is 85.5 Å². The summed E-state index contributed by atoms with van der Waals surface area (Å²) in [7, 11) is 0. The molecular weight excluding hydrogens is 991 g/mol. The molecule has 30 heteroatoms. The summed E-state index contributed by atoms with van der Waals surface area (Å²) in [5, 5.41) is 67.6. The van der Waals surface area contributed by atoms with Crippen LogP contribution in [-0.2, 0) is 52.7 Å². The summed E-state index contributed by atoms with van der Waals surface area (Å²) in [6.07, 6.45) is -1.56. The van der Waals surface area contributed by atoms with Crippen molar-refractivity contribution in [1.29, 1.82) is 0 Å². The van der Waals surface area contributed by atoms with Crippen LogP contribution in [-0.4, -0.2) is 204 Å². The van der Waals surface area contributed by atoms with E-state index in [1.165, 1.54) is 6.92 Å². The van der Waals surface area contributed by atoms with Crippen molar-refractivity contribution in [3.05, 3.63) is 0 Å². The molecule has 0 aromatic heterocycles. The molecule has 1 aliphatic heterocycles. The summed E-state index contributed by atoms with van der Waals surface area (Å²) < 4.78 is 0. The first kappa shape index (κ1) is 66.9. The van der Waals surface area contributed by atoms with E-state index in [2.05, 4.69) is 58.5 Å². The molecule has 1 aliphatic rings. The molecular formula is C45H83N15O15. The topological polar surface area (TPSA) is 505 Å². The second kappa shape index (κ2) is 35.9. The number of unbranched alkanes of at least 4 members (excludes halogenated alkanes) is 4. The zero-order chi connectivity index (χ0) is 56.8. The summed E-state index contributed by atoms with van der Waals surface area (Å²) in [4.78, 5) is 148. The maximum atomic E-state index is 14.0. The Hall–Kier alpha value is -6.15. The zero-order valence-electron chi connectivity index (χ0n) is 43.2. The van der Waals surface area contributed by atoms with Gasteiger partial charge in [0.25, 0.3) is 0 Å². The Morgan fingerprint density at radius 2 is 1.12 bits per heavy atom. The van der Waals surface area contributed by atoms with Crippen LogP contribution in [0.3, 0.4) is 0 Å². The first-order valence-electron chi connectivity index (χ1n) is 25.2. The number of amides is 11. The van der Waals surface area contributed by atoms with Crippen molar-refractivity contribution in [2.45, 2.75) is 171 Å². The van der Waals surface area contributed by atoms with Gasteiger partial charge in [-0.1, -0.05) is 32.6 Å². The Morgan fingerprint density at radius 3 is 1.65 bits per heavy atom. The summed E-state index contributed by atoms with van der Waals surface area (Å²) in [5.74, 6) is -10.9. The van der Waals surface area contributed by atoms with Crippen LogP contribution in [0, 0.1) is 0 Å². The highest BCUT2D eigenvalue weighted by Crippen LogP contribution is 2.08. The van der Waals surface area contributed by atoms with Crippen LogP contribution in [0.2, 0.25) is 0 Å². The van der Waals surface area contributed by atoms with Crippen LogP contribution < -0.4 is 81.4 Å². The van der Waals surface area contributed by atoms with E-state index in [0.29, 0.717) is 6.42 Å². The Kier molecular flexibility index (Phi) is 32.0. The first-order valence-corrected chi connectivity index (χ1v) is 25.2. The van der Waals surface area contributed by atoms with E-state index in [-0.39, 0.29) is 58.3 Å². The number of aliphatic hydroxyl groups is 4. The van der Waals surface area contributed by atoms with E-state index in [9.17, 15) is 73.2 Å². The third-order valence-corrected chi connectivity index (χ3v) is 11.7. The number of nitrogens with one attached hydrogen (secondary N) is 11. The highest BCUT2D eigenvalue weighted by atomic mass is 16.3. The Morgan fingerprint density at radius 1 is 0.587 bits per heavy atom. The summed E-state index contributed by atoms with van der Waals surface area (Å²) in [5.41, 5.74) is 22.9. The van der Waals surface area contributed by atoms with E-state index in [0.717, 1.165) is 39.5 Å². The molecule has 0 saturated carbocycles. The van der Waals surface area contributed by atoms with Gasteiger partial charge in [0, 0.05) is 13.0 Å². The lowest BCUT2D eigenvalue weighted by atomic mass is 10.1. The van der Waals surface area contributed by atoms with Gasteiger partial charge in [0.1, 0.15) is 54.4 Å². The van der Waals surface area contributed by atoms with Crippen molar-refractivity contribution < 1.29 is 73.2 Å². The zero-order valence-corrected chi connectivity index (χ0v) is 43.2. The molecule has 1 saturated heterocycles. The normalized spacial score (nSPS) is 23.3. The molecule has 0 spiro atoms. The lowest BCUT2D eigenvalue weighted by molar-refractivity contribution is -0.137. The molecule has 1 rings (SSSR count). The van der Waals surface area contributed by atoms with Crippen LogP contribution in [0.1, 0.15) is 98.3 Å². The van der Waals surface area contributed by atoms with Crippen LogP contribution in [0.4, 0.5) is 0 Å². The maximum Gasteiger partial charge on any atom is 0.245 e. The molecule has 0 aromatic carbocycles. The Balaban J connectivity index is 3.59. The van der Waals surface area contributed by atoms with Crippen LogP contribution in [0.15, 0.2) is 0 Å². The quantitative estimate of drug-likeness (QED) is 0.0378. The number of carbonyl (C=O) groups is 11. The van der Waals surface area contributed by atoms with E-state index in [4.69, 9.17) is 22.9 Å². The molecule has 0 aliphatic carbocycles. The number of aliphatic hydroxyl groups excluding tert-OH is 4. The van der Waals surface area contributed by atoms with Crippen molar-refractivity contribution in [2.75, 3.05) is 45.9 Å². The van der Waals surface area contributed by atoms with Crippen molar-refractivity contribution in [3.8, 4) is 0 Å². The van der Waals surface area contributed by atoms with E-state index in [1.54, 1.807) is 0 Å². The van der Waals surface area contributed by atoms with Crippen molar-refractivity contribution in [2.24, 2.45) is 22.9 Å². The standard InChI is InChI=1S/C45H83N15O15/c1-5-6-7-8-9-10-32(65)52-26(11-16-46)41(71)60-36(25(4)64)45(75)56-28(13-18-48)39(69)54-30-15-20-50-43(73)34(23(2)62)59-42(72)29(14-19-49)53-38(68)27(12-17-47)55-44(74)35(24(3)63)58-33(66)21-51-37(67)31(22-61)57-40(30)70/h23-31,34-36,61-64H,5-22,46-49H2,1-4H3,(H,50,73)(H,51,67)(H,52,65)(H,53,68)(H,54,69)(H,55,74)(H,56,75)(H,57,70)(H,58,66)(H,59,72)(H,60,71)/t23-,24-,25-,26+,27+,28+,29+,30+,31+,34+,35+,36+/m1/s1. The van der Waals surface area contributed by atoms with Gasteiger partial charge in [-0.15, -0.1) is 0 Å². The molecule has 0 radical (unpaired) electrons. The predicted molar refractivity (Wildman–Crippen MR) is 268 cm³/mol. The predicted octanol–water partition coefficient (Wildman–Crippen LogP) is -9.12. The van der Waals surface area contributed by atoms with Crippen molar-refractivity contribution in [3.63, 3.8) is 0 Å². The molecule has 428 valence electrons. The third kappa shape index (κ3) is 24.4. The Labute approximate surface area is 435 Å². The highest BCUT2D eigenvalue weighted by Gasteiger charge is 2.37. The lowest BCUT2D eigenvalue weighted by Crippen LogP contribution is -2.62. The molecule has 12 atom stereocenters. The summed E-state index contributed by atoms with van der Waals surface area (Å²) in [6.45, 7) is 2.39. The minimum Gasteiger partial charge on any atom is -0.394 e. The largest absolute Gasteiger partial charge is 0.394 e. The Bertz CT molecular complexity index is 1900. The highest BCUT2D eigenvalue weighted by molar-refractivity contribution is 5.98. The maximum absolute atomic E-state index is 14.0. The van der Waals surface area contributed by atoms with Crippen molar-refractivity contribution in [1.82, 2.24) is 58.5 Å². The van der Waals surface area contributed by atoms with Gasteiger partial charge in [0.15, 0.2) is 0 Å². The third-order valence-electron chi connectivity index (χ3n) is 11.7. The number of rotatable bonds is 25. The van der Waals surface area contributed by atoms with Gasteiger partial charge in [-0.2, -0.15) is 0 Å². The fraction of sp³-hybridized carbons (Fsp3) is 0.756. The smallest absolute Gasteiger partial charge is 0.245 e. The molecule has 75 heavy (non-hydrogen) atoms. The minimum absolute atomic E-state index is 0.0260. The van der Waals surface area contributed by atoms with Gasteiger partial charge in [-0.3, -0.25) is 52.7 Å². The van der Waals surface area contributed by atoms with Gasteiger partial charge >= 0.3 is 0 Å². The lowest BCUT2D eigenvalue weighted by Gasteiger charge is -2.28. The van der Waals surface area contributed by atoms with E-state index < -0.39 is 164 Å². The second-order valence-corrected chi connectivity index (χ2v) is 18.1. The molecule has 30 nitrogen and oxygen atoms in total. The average Bonchev–Trinajstić information content (AvgIpc) is 3.35. The monoisotopic (exact) mass is 1070 g/mol. The molecule has 0 unspecified atom stereocenters. The SMILES string of the molecule is CCCCCCCC(=O)N[C@@H](CCN)C(=O)N[C@H](C(=O)N[C@@H](CCN)C(=O)N[C@H]1CCNC(=O)[C@H]([C@@H](C)O)NC(=O)[C@H](CCN)NC(=O)[C@H](CCN)NC(=O)[C@H]([C@@H](C)O)NC(=O)CNC(=O)[C@H](CO)NC1=O)[C@@H](C)O. The molecule has 11 amide bonds. The van der Waals surface area contributed by atoms with Crippen LogP contribution >= 0.6 is 0 Å². The molecule has 0 aromatic rings. The number of nitrogens with two attached hydrogens (primary N) is 4. The van der Waals surface area contributed by atoms with E-state index in [1.807, 2.05) is 6.92 Å². The fourth-order valence-electron chi connectivity index (χ4n) is 7.39. The summed E-state index contributed by atoms with van der Waals surface area (Å²) >= 11 is 0. The molecule has 1 heterocycles. The molecule has 23 N–H and O–H groups in total. The molecule has 1 fully saturated rings. The van der Waals surface area contributed by atoms with Gasteiger partial charge in [-0.25, -0.2) is 0 Å². The van der Waals surface area contributed by atoms with Gasteiger partial charge in [0.2, 0.25) is 65.0 Å². The first-order chi connectivity index (χ1) is 35.5. The second-order valence-electron chi connectivity index (χ2n) is 18.1.